The number of thiazole rings is 1. The molecule has 13 heteroatoms. The molecule has 0 saturated heterocycles. The molecule has 0 spiro atoms. The van der Waals surface area contributed by atoms with Gasteiger partial charge in [0.15, 0.2) is 9.84 Å². The number of halogens is 2. The van der Waals surface area contributed by atoms with Crippen LogP contribution >= 0.6 is 22.9 Å². The molecule has 0 aliphatic heterocycles. The average Bonchev–Trinajstić information content (AvgIpc) is 3.48. The van der Waals surface area contributed by atoms with Gasteiger partial charge in [0.05, 0.1) is 52.6 Å². The second-order valence-corrected chi connectivity index (χ2v) is 14.4. The summed E-state index contributed by atoms with van der Waals surface area (Å²) in [4.78, 5) is 13.7. The molecule has 0 aliphatic rings. The predicted octanol–water partition coefficient (Wildman–Crippen LogP) is 7.26. The maximum Gasteiger partial charge on any atom is 0.154 e. The number of aromatic nitrogens is 3. The van der Waals surface area contributed by atoms with Crippen LogP contribution in [0.4, 0.5) is 15.9 Å². The molecule has 5 aromatic rings. The van der Waals surface area contributed by atoms with Crippen LogP contribution in [0.2, 0.25) is 5.02 Å². The van der Waals surface area contributed by atoms with E-state index in [0.717, 1.165) is 21.7 Å². The van der Waals surface area contributed by atoms with E-state index in [0.29, 0.717) is 52.1 Å². The number of benzene rings is 3. The smallest absolute Gasteiger partial charge is 0.154 e. The minimum Gasteiger partial charge on any atom is -0.496 e. The Morgan fingerprint density at radius 1 is 1.04 bits per heavy atom. The monoisotopic (exact) mass is 670 g/mol. The van der Waals surface area contributed by atoms with Crippen molar-refractivity contribution in [2.24, 2.45) is 0 Å². The van der Waals surface area contributed by atoms with Crippen LogP contribution in [-0.4, -0.2) is 54.7 Å². The molecule has 1 N–H and O–H groups in total. The van der Waals surface area contributed by atoms with Gasteiger partial charge in [-0.25, -0.2) is 27.8 Å². The highest BCUT2D eigenvalue weighted by atomic mass is 35.5. The first-order valence-corrected chi connectivity index (χ1v) is 17.1. The number of methoxy groups -OCH3 is 1. The number of rotatable bonds is 14. The molecule has 2 aromatic heterocycles. The molecule has 0 fully saturated rings. The summed E-state index contributed by atoms with van der Waals surface area (Å²) in [6.45, 7) is 4.04. The van der Waals surface area contributed by atoms with Crippen molar-refractivity contribution in [1.29, 1.82) is 0 Å². The molecule has 0 radical (unpaired) electrons. The van der Waals surface area contributed by atoms with Crippen LogP contribution in [0.25, 0.3) is 22.2 Å². The largest absolute Gasteiger partial charge is 0.496 e. The average molecular weight is 671 g/mol. The van der Waals surface area contributed by atoms with Gasteiger partial charge in [0.1, 0.15) is 36.1 Å². The van der Waals surface area contributed by atoms with Crippen molar-refractivity contribution in [2.75, 3.05) is 31.4 Å². The second-order valence-electron chi connectivity index (χ2n) is 10.4. The van der Waals surface area contributed by atoms with Gasteiger partial charge in [-0.2, -0.15) is 0 Å². The Labute approximate surface area is 270 Å². The molecular formula is C32H32ClFN4O5S2. The van der Waals surface area contributed by atoms with E-state index < -0.39 is 15.1 Å². The third-order valence-corrected chi connectivity index (χ3v) is 10.3. The highest BCUT2D eigenvalue weighted by molar-refractivity contribution is 7.92. The normalized spacial score (nSPS) is 11.7. The lowest BCUT2D eigenvalue weighted by atomic mass is 10.1. The fourth-order valence-corrected chi connectivity index (χ4v) is 6.23. The summed E-state index contributed by atoms with van der Waals surface area (Å²) in [6.07, 6.45) is 2.02. The molecule has 45 heavy (non-hydrogen) atoms. The van der Waals surface area contributed by atoms with Crippen molar-refractivity contribution < 1.29 is 27.0 Å². The highest BCUT2D eigenvalue weighted by Gasteiger charge is 2.17. The van der Waals surface area contributed by atoms with Crippen molar-refractivity contribution in [2.45, 2.75) is 32.1 Å². The van der Waals surface area contributed by atoms with Gasteiger partial charge in [0.25, 0.3) is 0 Å². The van der Waals surface area contributed by atoms with Crippen molar-refractivity contribution >= 4 is 55.2 Å². The summed E-state index contributed by atoms with van der Waals surface area (Å²) in [5, 5.41) is 6.84. The number of fused-ring (bicyclic) bond motifs is 1. The Bertz CT molecular complexity index is 1900. The van der Waals surface area contributed by atoms with Crippen LogP contribution in [0.3, 0.4) is 0 Å². The SMILES string of the molecule is COc1cc2ncnc(Nc3ccc(OCc4cccc(F)c4)c(Cl)c3)c2cc1-c1csc(CCOCCS(=O)(=O)C(C)C)n1. The Balaban J connectivity index is 1.29. The summed E-state index contributed by atoms with van der Waals surface area (Å²) in [6, 6.07) is 15.3. The molecule has 0 bridgehead atoms. The number of ether oxygens (including phenoxy) is 3. The van der Waals surface area contributed by atoms with Crippen LogP contribution in [0, 0.1) is 5.82 Å². The van der Waals surface area contributed by atoms with Crippen molar-refractivity contribution in [3.63, 3.8) is 0 Å². The minimum atomic E-state index is -3.13. The quantitative estimate of drug-likeness (QED) is 0.122. The number of nitrogens with one attached hydrogen (secondary N) is 1. The molecule has 0 unspecified atom stereocenters. The third-order valence-electron chi connectivity index (χ3n) is 6.95. The van der Waals surface area contributed by atoms with Gasteiger partial charge in [-0.05, 0) is 55.8 Å². The number of sulfone groups is 1. The lowest BCUT2D eigenvalue weighted by Gasteiger charge is -2.13. The zero-order valence-corrected chi connectivity index (χ0v) is 27.3. The maximum absolute atomic E-state index is 13.5. The summed E-state index contributed by atoms with van der Waals surface area (Å²) in [5.74, 6) is 1.32. The summed E-state index contributed by atoms with van der Waals surface area (Å²) >= 11 is 8.01. The van der Waals surface area contributed by atoms with E-state index in [1.807, 2.05) is 23.6 Å². The standard InChI is InChI=1S/C32H32ClFN4O5S2/c1-20(2)45(39,40)12-11-42-10-9-31-38-28(18-44-31)24-15-25-27(16-30(24)41-3)35-19-36-32(25)37-23-7-8-29(26(33)14-23)43-17-21-5-4-6-22(34)13-21/h4-8,13-16,18-20H,9-12,17H2,1-3H3,(H,35,36,37). The Kier molecular flexibility index (Phi) is 10.5. The van der Waals surface area contributed by atoms with Crippen LogP contribution in [0.15, 0.2) is 66.3 Å². The molecule has 0 atom stereocenters. The Morgan fingerprint density at radius 2 is 1.89 bits per heavy atom. The first kappa shape index (κ1) is 32.6. The lowest BCUT2D eigenvalue weighted by Crippen LogP contribution is -2.21. The zero-order chi connectivity index (χ0) is 32.0. The van der Waals surface area contributed by atoms with Crippen molar-refractivity contribution in [1.82, 2.24) is 15.0 Å². The molecular weight excluding hydrogens is 639 g/mol. The first-order chi connectivity index (χ1) is 21.6. The topological polar surface area (TPSA) is 113 Å². The fraction of sp³-hybridized carbons (Fsp3) is 0.281. The first-order valence-electron chi connectivity index (χ1n) is 14.1. The maximum atomic E-state index is 13.5. The van der Waals surface area contributed by atoms with Gasteiger partial charge in [-0.3, -0.25) is 0 Å². The zero-order valence-electron chi connectivity index (χ0n) is 24.9. The molecule has 0 amide bonds. The van der Waals surface area contributed by atoms with Crippen LogP contribution in [-0.2, 0) is 27.6 Å². The van der Waals surface area contributed by atoms with Crippen molar-refractivity contribution in [3.05, 3.63) is 87.7 Å². The molecule has 2 heterocycles. The summed E-state index contributed by atoms with van der Waals surface area (Å²) in [7, 11) is -1.54. The highest BCUT2D eigenvalue weighted by Crippen LogP contribution is 2.37. The Morgan fingerprint density at radius 3 is 2.64 bits per heavy atom. The van der Waals surface area contributed by atoms with Gasteiger partial charge >= 0.3 is 0 Å². The molecule has 5 rings (SSSR count). The van der Waals surface area contributed by atoms with E-state index in [1.165, 1.54) is 29.8 Å². The van der Waals surface area contributed by atoms with E-state index in [1.54, 1.807) is 45.2 Å². The molecule has 0 aliphatic carbocycles. The van der Waals surface area contributed by atoms with Gasteiger partial charge in [0.2, 0.25) is 0 Å². The van der Waals surface area contributed by atoms with E-state index in [-0.39, 0.29) is 24.8 Å². The van der Waals surface area contributed by atoms with Gasteiger partial charge in [-0.1, -0.05) is 23.7 Å². The second kappa shape index (κ2) is 14.5. The summed E-state index contributed by atoms with van der Waals surface area (Å²) in [5.41, 5.74) is 3.56. The van der Waals surface area contributed by atoms with E-state index >= 15 is 0 Å². The number of hydrogen-bond donors (Lipinski definition) is 1. The molecule has 9 nitrogen and oxygen atoms in total. The third kappa shape index (κ3) is 8.26. The molecule has 0 saturated carbocycles. The van der Waals surface area contributed by atoms with E-state index in [9.17, 15) is 12.8 Å². The number of anilines is 2. The Hall–Kier alpha value is -3.84. The molecule has 236 valence electrons. The molecule has 3 aromatic carbocycles. The summed E-state index contributed by atoms with van der Waals surface area (Å²) < 4.78 is 54.5. The van der Waals surface area contributed by atoms with Gasteiger partial charge < -0.3 is 19.5 Å². The minimum absolute atomic E-state index is 0.00120. The van der Waals surface area contributed by atoms with Crippen molar-refractivity contribution in [3.8, 4) is 22.8 Å². The van der Waals surface area contributed by atoms with Crippen LogP contribution in [0.5, 0.6) is 11.5 Å². The predicted molar refractivity (Wildman–Crippen MR) is 176 cm³/mol. The number of nitrogens with zero attached hydrogens (tertiary/aromatic N) is 3. The number of hydrogen-bond acceptors (Lipinski definition) is 10. The van der Waals surface area contributed by atoms with Gasteiger partial charge in [0, 0.05) is 34.5 Å². The van der Waals surface area contributed by atoms with E-state index in [2.05, 4.69) is 15.3 Å². The van der Waals surface area contributed by atoms with Crippen LogP contribution < -0.4 is 14.8 Å². The van der Waals surface area contributed by atoms with Gasteiger partial charge in [-0.15, -0.1) is 11.3 Å². The van der Waals surface area contributed by atoms with E-state index in [4.69, 9.17) is 30.8 Å². The fourth-order valence-electron chi connectivity index (χ4n) is 4.39. The lowest BCUT2D eigenvalue weighted by molar-refractivity contribution is 0.152. The van der Waals surface area contributed by atoms with Crippen LogP contribution in [0.1, 0.15) is 24.4 Å².